The molecule has 5 nitrogen and oxygen atoms in total. The predicted molar refractivity (Wildman–Crippen MR) is 130 cm³/mol. The second-order valence-corrected chi connectivity index (χ2v) is 9.05. The number of aromatic nitrogens is 2. The van der Waals surface area contributed by atoms with Gasteiger partial charge < -0.3 is 9.67 Å². The first kappa shape index (κ1) is 22.4. The van der Waals surface area contributed by atoms with Crippen LogP contribution >= 0.6 is 0 Å². The number of pyridine rings is 1. The first-order valence-electron chi connectivity index (χ1n) is 11.7. The van der Waals surface area contributed by atoms with Crippen molar-refractivity contribution in [1.29, 1.82) is 0 Å². The normalized spacial score (nSPS) is 15.1. The molecule has 2 aromatic carbocycles. The number of aliphatic hydroxyl groups excluding tert-OH is 1. The molecule has 0 saturated carbocycles. The summed E-state index contributed by atoms with van der Waals surface area (Å²) in [6.45, 7) is 2.75. The van der Waals surface area contributed by atoms with E-state index in [0.717, 1.165) is 48.1 Å². The van der Waals surface area contributed by atoms with E-state index in [0.29, 0.717) is 24.6 Å². The van der Waals surface area contributed by atoms with Gasteiger partial charge in [-0.15, -0.1) is 0 Å². The number of benzene rings is 2. The van der Waals surface area contributed by atoms with Crippen molar-refractivity contribution in [2.24, 2.45) is 0 Å². The number of hydrogen-bond acceptors (Lipinski definition) is 4. The molecule has 1 fully saturated rings. The van der Waals surface area contributed by atoms with Gasteiger partial charge in [-0.3, -0.25) is 9.69 Å². The number of carbonyl (C=O) groups is 1. The molecule has 0 amide bonds. The summed E-state index contributed by atoms with van der Waals surface area (Å²) >= 11 is 0. The first-order chi connectivity index (χ1) is 16.6. The summed E-state index contributed by atoms with van der Waals surface area (Å²) < 4.78 is 16.1. The number of halogens is 1. The molecule has 0 atom stereocenters. The van der Waals surface area contributed by atoms with Crippen LogP contribution in [0.1, 0.15) is 45.8 Å². The molecule has 3 heterocycles. The number of aliphatic hydroxyl groups is 1. The highest BCUT2D eigenvalue weighted by Crippen LogP contribution is 2.30. The van der Waals surface area contributed by atoms with Crippen molar-refractivity contribution >= 4 is 16.8 Å². The monoisotopic (exact) mass is 457 g/mol. The molecule has 34 heavy (non-hydrogen) atoms. The second kappa shape index (κ2) is 9.87. The summed E-state index contributed by atoms with van der Waals surface area (Å²) in [6, 6.07) is 18.7. The molecule has 174 valence electrons. The third-order valence-corrected chi connectivity index (χ3v) is 6.81. The molecule has 1 saturated heterocycles. The maximum absolute atomic E-state index is 14.0. The molecule has 4 aromatic rings. The van der Waals surface area contributed by atoms with Gasteiger partial charge in [0.1, 0.15) is 18.1 Å². The van der Waals surface area contributed by atoms with Gasteiger partial charge in [0, 0.05) is 42.0 Å². The minimum absolute atomic E-state index is 0.127. The highest BCUT2D eigenvalue weighted by molar-refractivity contribution is 5.96. The standard InChI is InChI=1S/C28H28FN3O2/c29-26-4-2-1-3-24(26)18-31-12-9-21(10-13-31)25-15-23-11-14-32(28(23)30-16-25)17-20-5-7-22(8-6-20)27(34)19-33/h1-8,11,14-16,21,33H,9-10,12-13,17-19H2. The van der Waals surface area contributed by atoms with Crippen LogP contribution in [0, 0.1) is 5.82 Å². The van der Waals surface area contributed by atoms with Crippen LogP contribution in [0.4, 0.5) is 4.39 Å². The average Bonchev–Trinajstić information content (AvgIpc) is 3.27. The summed E-state index contributed by atoms with van der Waals surface area (Å²) in [4.78, 5) is 18.7. The Balaban J connectivity index is 1.23. The Morgan fingerprint density at radius 3 is 2.53 bits per heavy atom. The van der Waals surface area contributed by atoms with Gasteiger partial charge >= 0.3 is 0 Å². The largest absolute Gasteiger partial charge is 0.388 e. The number of hydrogen-bond donors (Lipinski definition) is 1. The van der Waals surface area contributed by atoms with Gasteiger partial charge in [-0.05, 0) is 61.2 Å². The van der Waals surface area contributed by atoms with Crippen molar-refractivity contribution < 1.29 is 14.3 Å². The van der Waals surface area contributed by atoms with Crippen molar-refractivity contribution in [3.05, 3.63) is 101 Å². The quantitative estimate of drug-likeness (QED) is 0.406. The van der Waals surface area contributed by atoms with Crippen molar-refractivity contribution in [3.63, 3.8) is 0 Å². The fourth-order valence-corrected chi connectivity index (χ4v) is 4.82. The number of nitrogens with zero attached hydrogens (tertiary/aromatic N) is 3. The van der Waals surface area contributed by atoms with E-state index in [1.54, 1.807) is 18.2 Å². The maximum Gasteiger partial charge on any atom is 0.188 e. The van der Waals surface area contributed by atoms with Gasteiger partial charge in [-0.2, -0.15) is 0 Å². The highest BCUT2D eigenvalue weighted by Gasteiger charge is 2.22. The lowest BCUT2D eigenvalue weighted by Crippen LogP contribution is -2.32. The molecule has 6 heteroatoms. The van der Waals surface area contributed by atoms with Gasteiger partial charge in [0.05, 0.1) is 0 Å². The number of piperidine rings is 1. The number of Topliss-reactive ketones (excluding diaryl/α,β-unsaturated/α-hetero) is 1. The molecule has 0 unspecified atom stereocenters. The van der Waals surface area contributed by atoms with E-state index in [-0.39, 0.29) is 11.6 Å². The first-order valence-corrected chi connectivity index (χ1v) is 11.7. The van der Waals surface area contributed by atoms with E-state index in [1.807, 2.05) is 36.7 Å². The molecule has 2 aromatic heterocycles. The van der Waals surface area contributed by atoms with Gasteiger partial charge in [0.2, 0.25) is 0 Å². The van der Waals surface area contributed by atoms with Crippen LogP contribution in [-0.4, -0.2) is 45.0 Å². The van der Waals surface area contributed by atoms with Crippen molar-refractivity contribution in [2.45, 2.75) is 31.8 Å². The third kappa shape index (κ3) is 4.79. The molecule has 5 rings (SSSR count). The van der Waals surface area contributed by atoms with Crippen molar-refractivity contribution in [3.8, 4) is 0 Å². The summed E-state index contributed by atoms with van der Waals surface area (Å²) in [5, 5.41) is 10.1. The molecule has 0 bridgehead atoms. The zero-order valence-electron chi connectivity index (χ0n) is 19.0. The second-order valence-electron chi connectivity index (χ2n) is 9.05. The fourth-order valence-electron chi connectivity index (χ4n) is 4.82. The van der Waals surface area contributed by atoms with Gasteiger partial charge in [-0.1, -0.05) is 42.5 Å². The zero-order chi connectivity index (χ0) is 23.5. The molecular formula is C28H28FN3O2. The van der Waals surface area contributed by atoms with Crippen LogP contribution in [0.15, 0.2) is 73.1 Å². The van der Waals surface area contributed by atoms with E-state index in [4.69, 9.17) is 10.1 Å². The summed E-state index contributed by atoms with van der Waals surface area (Å²) in [7, 11) is 0. The molecule has 0 spiro atoms. The Labute approximate surface area is 198 Å². The molecule has 0 radical (unpaired) electrons. The van der Waals surface area contributed by atoms with E-state index >= 15 is 0 Å². The lowest BCUT2D eigenvalue weighted by atomic mass is 9.90. The number of rotatable bonds is 7. The van der Waals surface area contributed by atoms with Gasteiger partial charge in [0.25, 0.3) is 0 Å². The molecule has 1 aliphatic rings. The smallest absolute Gasteiger partial charge is 0.188 e. The molecular weight excluding hydrogens is 429 g/mol. The van der Waals surface area contributed by atoms with Crippen LogP contribution in [0.3, 0.4) is 0 Å². The number of fused-ring (bicyclic) bond motifs is 1. The average molecular weight is 458 g/mol. The minimum atomic E-state index is -0.474. The van der Waals surface area contributed by atoms with E-state index in [2.05, 4.69) is 21.6 Å². The van der Waals surface area contributed by atoms with E-state index < -0.39 is 6.61 Å². The Hall–Kier alpha value is -3.35. The SMILES string of the molecule is O=C(CO)c1ccc(Cn2ccc3cc(C4CCN(Cc5ccccc5F)CC4)cnc32)cc1. The van der Waals surface area contributed by atoms with Crippen molar-refractivity contribution in [2.75, 3.05) is 19.7 Å². The lowest BCUT2D eigenvalue weighted by molar-refractivity contribution is 0.0903. The fraction of sp³-hybridized carbons (Fsp3) is 0.286. The third-order valence-electron chi connectivity index (χ3n) is 6.81. The topological polar surface area (TPSA) is 58.4 Å². The van der Waals surface area contributed by atoms with Gasteiger partial charge in [0.15, 0.2) is 5.78 Å². The van der Waals surface area contributed by atoms with E-state index in [1.165, 1.54) is 11.6 Å². The van der Waals surface area contributed by atoms with E-state index in [9.17, 15) is 9.18 Å². The predicted octanol–water partition coefficient (Wildman–Crippen LogP) is 4.78. The van der Waals surface area contributed by atoms with Crippen LogP contribution in [0.25, 0.3) is 11.0 Å². The highest BCUT2D eigenvalue weighted by atomic mass is 19.1. The summed E-state index contributed by atoms with van der Waals surface area (Å²) in [5.74, 6) is 0.0670. The summed E-state index contributed by atoms with van der Waals surface area (Å²) in [5.41, 5.74) is 4.56. The molecule has 1 N–H and O–H groups in total. The van der Waals surface area contributed by atoms with Crippen LogP contribution < -0.4 is 0 Å². The Bertz CT molecular complexity index is 1290. The lowest BCUT2D eigenvalue weighted by Gasteiger charge is -2.32. The van der Waals surface area contributed by atoms with Crippen LogP contribution in [-0.2, 0) is 13.1 Å². The zero-order valence-corrected chi connectivity index (χ0v) is 19.0. The van der Waals surface area contributed by atoms with Crippen LogP contribution in [0.5, 0.6) is 0 Å². The number of likely N-dealkylation sites (tertiary alicyclic amines) is 1. The molecule has 1 aliphatic heterocycles. The maximum atomic E-state index is 14.0. The molecule has 0 aliphatic carbocycles. The Kier molecular flexibility index (Phi) is 6.52. The van der Waals surface area contributed by atoms with Crippen molar-refractivity contribution in [1.82, 2.24) is 14.5 Å². The number of carbonyl (C=O) groups excluding carboxylic acids is 1. The Morgan fingerprint density at radius 1 is 1.03 bits per heavy atom. The minimum Gasteiger partial charge on any atom is -0.388 e. The van der Waals surface area contributed by atoms with Crippen LogP contribution in [0.2, 0.25) is 0 Å². The van der Waals surface area contributed by atoms with Gasteiger partial charge in [-0.25, -0.2) is 9.37 Å². The Morgan fingerprint density at radius 2 is 1.79 bits per heavy atom. The number of ketones is 1. The summed E-state index contributed by atoms with van der Waals surface area (Å²) in [6.07, 6.45) is 6.13.